The van der Waals surface area contributed by atoms with E-state index in [0.29, 0.717) is 19.3 Å². The van der Waals surface area contributed by atoms with Crippen LogP contribution in [0.5, 0.6) is 0 Å². The van der Waals surface area contributed by atoms with Crippen LogP contribution in [0.3, 0.4) is 0 Å². The fraction of sp³-hybridized carbons (Fsp3) is 0.778. The first-order valence-electron chi connectivity index (χ1n) is 13.7. The Morgan fingerprint density at radius 2 is 1.76 bits per heavy atom. The third-order valence-corrected chi connectivity index (χ3v) is 9.29. The van der Waals surface area contributed by atoms with Crippen molar-refractivity contribution in [1.29, 1.82) is 0 Å². The van der Waals surface area contributed by atoms with Crippen molar-refractivity contribution in [2.75, 3.05) is 0 Å². The summed E-state index contributed by atoms with van der Waals surface area (Å²) < 4.78 is 32.3. The third kappa shape index (κ3) is 5.53. The zero-order valence-corrected chi connectivity index (χ0v) is 21.7. The Labute approximate surface area is 215 Å². The molecule has 37 heavy (non-hydrogen) atoms. The molecule has 0 aromatic carbocycles. The van der Waals surface area contributed by atoms with Gasteiger partial charge in [0.15, 0.2) is 0 Å². The molecule has 206 valence electrons. The number of nitrogens with one attached hydrogen (secondary N) is 1. The summed E-state index contributed by atoms with van der Waals surface area (Å²) in [5.74, 6) is -3.85. The Balaban J connectivity index is 1.51. The second-order valence-electron chi connectivity index (χ2n) is 11.3. The number of carboxylic acid groups (broad SMARTS) is 1. The molecule has 3 fully saturated rings. The summed E-state index contributed by atoms with van der Waals surface area (Å²) in [6, 6.07) is -0.101. The molecule has 0 radical (unpaired) electrons. The Hall–Kier alpha value is -2.52. The Kier molecular flexibility index (Phi) is 8.53. The summed E-state index contributed by atoms with van der Waals surface area (Å²) in [4.78, 5) is 50.6. The Bertz CT molecular complexity index is 1100. The summed E-state index contributed by atoms with van der Waals surface area (Å²) >= 11 is 0. The number of nitrogens with zero attached hydrogens (tertiary/aromatic N) is 2. The van der Waals surface area contributed by atoms with Crippen LogP contribution in [0.25, 0.3) is 0 Å². The van der Waals surface area contributed by atoms with E-state index in [9.17, 15) is 33.1 Å². The van der Waals surface area contributed by atoms with Gasteiger partial charge in [0.05, 0.1) is 0 Å². The summed E-state index contributed by atoms with van der Waals surface area (Å²) in [7, 11) is 1.61. The maximum Gasteiger partial charge on any atom is 0.330 e. The molecule has 1 heterocycles. The van der Waals surface area contributed by atoms with Crippen LogP contribution in [0.1, 0.15) is 77.2 Å². The fourth-order valence-corrected chi connectivity index (χ4v) is 7.34. The summed E-state index contributed by atoms with van der Waals surface area (Å²) in [6.07, 6.45) is 4.16. The standard InChI is InChI=1S/C27H39F2N3O5/c1-3-15-10-11-19(28)23(24(15)29)25(34)30-20(26(35)36)14-16-6-4-8-18-17(16)7-5-9-21(18)32-22(33)12-13-31(2)27(32)37/h12-13,15-21,23-24H,3-11,14H2,1-2H3,(H,30,34)(H,35,36)/t15?,16?,17?,18?,19?,20-,21?,23?,24?/m0/s1. The topological polar surface area (TPSA) is 110 Å². The van der Waals surface area contributed by atoms with Crippen molar-refractivity contribution >= 4 is 11.9 Å². The van der Waals surface area contributed by atoms with Crippen LogP contribution in [0.2, 0.25) is 0 Å². The largest absolute Gasteiger partial charge is 0.480 e. The fourth-order valence-electron chi connectivity index (χ4n) is 7.34. The minimum absolute atomic E-state index is 0.0386. The van der Waals surface area contributed by atoms with Crippen LogP contribution < -0.4 is 16.6 Å². The smallest absolute Gasteiger partial charge is 0.330 e. The molecule has 8 nitrogen and oxygen atoms in total. The van der Waals surface area contributed by atoms with Gasteiger partial charge in [-0.05, 0) is 62.2 Å². The van der Waals surface area contributed by atoms with Gasteiger partial charge in [-0.25, -0.2) is 18.4 Å². The number of aliphatic carboxylic acids is 1. The monoisotopic (exact) mass is 523 g/mol. The number of fused-ring (bicyclic) bond motifs is 1. The minimum atomic E-state index is -1.63. The second-order valence-corrected chi connectivity index (χ2v) is 11.3. The molecule has 3 aliphatic rings. The number of aromatic nitrogens is 2. The van der Waals surface area contributed by atoms with Crippen molar-refractivity contribution in [2.45, 2.75) is 95.6 Å². The average molecular weight is 524 g/mol. The van der Waals surface area contributed by atoms with Crippen LogP contribution in [0.4, 0.5) is 8.78 Å². The van der Waals surface area contributed by atoms with Gasteiger partial charge in [0.1, 0.15) is 24.3 Å². The highest BCUT2D eigenvalue weighted by Gasteiger charge is 2.46. The number of alkyl halides is 2. The van der Waals surface area contributed by atoms with E-state index < -0.39 is 42.1 Å². The molecule has 0 bridgehead atoms. The number of carboxylic acids is 1. The summed E-state index contributed by atoms with van der Waals surface area (Å²) in [5.41, 5.74) is -0.679. The lowest BCUT2D eigenvalue weighted by Gasteiger charge is -2.46. The maximum atomic E-state index is 14.9. The Morgan fingerprint density at radius 3 is 2.46 bits per heavy atom. The first-order valence-corrected chi connectivity index (χ1v) is 13.7. The number of amides is 1. The molecule has 0 saturated heterocycles. The molecular weight excluding hydrogens is 484 g/mol. The molecule has 3 saturated carbocycles. The number of rotatable bonds is 7. The molecule has 10 heteroatoms. The SMILES string of the molecule is CCC1CCC(F)C(C(=O)N[C@@H](CC2CCCC3C2CCCC3n2c(=O)ccn(C)c2=O)C(=O)O)C1F. The lowest BCUT2D eigenvalue weighted by Crippen LogP contribution is -2.52. The molecule has 8 unspecified atom stereocenters. The summed E-state index contributed by atoms with van der Waals surface area (Å²) in [5, 5.41) is 12.4. The van der Waals surface area contributed by atoms with E-state index in [1.807, 2.05) is 0 Å². The predicted molar refractivity (Wildman–Crippen MR) is 134 cm³/mol. The average Bonchev–Trinajstić information content (AvgIpc) is 2.86. The van der Waals surface area contributed by atoms with E-state index in [4.69, 9.17) is 0 Å². The number of carbonyl (C=O) groups excluding carboxylic acids is 1. The van der Waals surface area contributed by atoms with E-state index in [0.717, 1.165) is 32.1 Å². The van der Waals surface area contributed by atoms with Gasteiger partial charge in [0.2, 0.25) is 5.91 Å². The Morgan fingerprint density at radius 1 is 1.05 bits per heavy atom. The summed E-state index contributed by atoms with van der Waals surface area (Å²) in [6.45, 7) is 1.81. The first-order chi connectivity index (χ1) is 17.6. The van der Waals surface area contributed by atoms with E-state index in [1.54, 1.807) is 14.0 Å². The molecule has 0 aliphatic heterocycles. The van der Waals surface area contributed by atoms with Gasteiger partial charge in [0.25, 0.3) is 5.56 Å². The molecule has 2 N–H and O–H groups in total. The van der Waals surface area contributed by atoms with Crippen LogP contribution >= 0.6 is 0 Å². The van der Waals surface area contributed by atoms with Crippen molar-refractivity contribution in [3.8, 4) is 0 Å². The van der Waals surface area contributed by atoms with Crippen LogP contribution in [0.15, 0.2) is 21.9 Å². The van der Waals surface area contributed by atoms with Crippen molar-refractivity contribution in [2.24, 2.45) is 36.6 Å². The third-order valence-electron chi connectivity index (χ3n) is 9.29. The highest BCUT2D eigenvalue weighted by atomic mass is 19.1. The van der Waals surface area contributed by atoms with Crippen molar-refractivity contribution in [1.82, 2.24) is 14.5 Å². The molecule has 1 aromatic heterocycles. The molecular formula is C27H39F2N3O5. The molecule has 1 aromatic rings. The van der Waals surface area contributed by atoms with Gasteiger partial charge >= 0.3 is 11.7 Å². The number of carbonyl (C=O) groups is 2. The van der Waals surface area contributed by atoms with E-state index in [1.165, 1.54) is 21.4 Å². The van der Waals surface area contributed by atoms with Crippen molar-refractivity contribution in [3.63, 3.8) is 0 Å². The number of halogens is 2. The minimum Gasteiger partial charge on any atom is -0.480 e. The van der Waals surface area contributed by atoms with E-state index in [-0.39, 0.29) is 47.9 Å². The first kappa shape index (κ1) is 27.5. The lowest BCUT2D eigenvalue weighted by molar-refractivity contribution is -0.145. The molecule has 9 atom stereocenters. The van der Waals surface area contributed by atoms with Gasteiger partial charge < -0.3 is 15.0 Å². The van der Waals surface area contributed by atoms with Gasteiger partial charge in [-0.3, -0.25) is 14.2 Å². The normalized spacial score (nSPS) is 34.8. The zero-order chi connectivity index (χ0) is 26.9. The maximum absolute atomic E-state index is 14.9. The zero-order valence-electron chi connectivity index (χ0n) is 21.7. The van der Waals surface area contributed by atoms with Crippen molar-refractivity contribution in [3.05, 3.63) is 33.1 Å². The lowest BCUT2D eigenvalue weighted by atomic mass is 9.62. The number of aryl methyl sites for hydroxylation is 1. The highest BCUT2D eigenvalue weighted by Crippen LogP contribution is 2.49. The van der Waals surface area contributed by atoms with E-state index in [2.05, 4.69) is 5.32 Å². The van der Waals surface area contributed by atoms with Gasteiger partial charge in [-0.15, -0.1) is 0 Å². The van der Waals surface area contributed by atoms with E-state index >= 15 is 0 Å². The molecule has 0 spiro atoms. The number of hydrogen-bond acceptors (Lipinski definition) is 4. The predicted octanol–water partition coefficient (Wildman–Crippen LogP) is 3.38. The van der Waals surface area contributed by atoms with Gasteiger partial charge in [0, 0.05) is 25.4 Å². The van der Waals surface area contributed by atoms with Crippen LogP contribution in [-0.2, 0) is 16.6 Å². The van der Waals surface area contributed by atoms with Crippen molar-refractivity contribution < 1.29 is 23.5 Å². The van der Waals surface area contributed by atoms with Crippen LogP contribution in [-0.4, -0.2) is 44.5 Å². The molecule has 1 amide bonds. The highest BCUT2D eigenvalue weighted by molar-refractivity contribution is 5.85. The molecule has 4 rings (SSSR count). The number of hydrogen-bond donors (Lipinski definition) is 2. The quantitative estimate of drug-likeness (QED) is 0.569. The van der Waals surface area contributed by atoms with Gasteiger partial charge in [-0.1, -0.05) is 32.6 Å². The molecule has 3 aliphatic carbocycles. The van der Waals surface area contributed by atoms with Crippen LogP contribution in [0, 0.1) is 29.6 Å². The second kappa shape index (κ2) is 11.5. The van der Waals surface area contributed by atoms with Gasteiger partial charge in [-0.2, -0.15) is 0 Å².